The lowest BCUT2D eigenvalue weighted by molar-refractivity contribution is 0.412. The fraction of sp³-hybridized carbons (Fsp3) is 0.136. The fourth-order valence-corrected chi connectivity index (χ4v) is 4.57. The zero-order valence-electron chi connectivity index (χ0n) is 15.0. The first-order valence-corrected chi connectivity index (χ1v) is 11.3. The van der Waals surface area contributed by atoms with Gasteiger partial charge in [0.25, 0.3) is 0 Å². The minimum atomic E-state index is -0.365. The number of rotatable bonds is 3. The first-order valence-electron chi connectivity index (χ1n) is 8.93. The molecule has 148 valence electrons. The summed E-state index contributed by atoms with van der Waals surface area (Å²) in [5.74, 6) is 0.240. The van der Waals surface area contributed by atoms with Gasteiger partial charge in [0.1, 0.15) is 11.9 Å². The molecule has 0 saturated carbocycles. The summed E-state index contributed by atoms with van der Waals surface area (Å²) in [7, 11) is 0. The molecule has 0 amide bonds. The topological polar surface area (TPSA) is 44.6 Å². The smallest absolute Gasteiger partial charge is 0.127 e. The number of aliphatic imine (C=N–C) groups is 1. The molecular formula is C22H16Br2Cl2N2O. The Morgan fingerprint density at radius 2 is 1.62 bits per heavy atom. The molecule has 3 aromatic rings. The van der Waals surface area contributed by atoms with Gasteiger partial charge in [-0.2, -0.15) is 0 Å². The summed E-state index contributed by atoms with van der Waals surface area (Å²) in [6, 6.07) is 18.8. The highest BCUT2D eigenvalue weighted by atomic mass is 79.9. The van der Waals surface area contributed by atoms with E-state index in [-0.39, 0.29) is 18.0 Å². The molecule has 0 aromatic heterocycles. The number of hydrogen-bond donors (Lipinski definition) is 2. The minimum absolute atomic E-state index is 0.139. The quantitative estimate of drug-likeness (QED) is 0.353. The third-order valence-electron chi connectivity index (χ3n) is 4.84. The van der Waals surface area contributed by atoms with E-state index < -0.39 is 0 Å². The second-order valence-corrected chi connectivity index (χ2v) is 9.45. The molecular weight excluding hydrogens is 539 g/mol. The van der Waals surface area contributed by atoms with Crippen molar-refractivity contribution < 1.29 is 5.11 Å². The zero-order chi connectivity index (χ0) is 20.5. The van der Waals surface area contributed by atoms with E-state index in [4.69, 9.17) is 28.2 Å². The van der Waals surface area contributed by atoms with E-state index in [2.05, 4.69) is 37.2 Å². The van der Waals surface area contributed by atoms with Crippen molar-refractivity contribution in [2.24, 2.45) is 4.99 Å². The van der Waals surface area contributed by atoms with Gasteiger partial charge in [-0.15, -0.1) is 0 Å². The molecule has 7 heteroatoms. The molecule has 0 bridgehead atoms. The van der Waals surface area contributed by atoms with Crippen LogP contribution in [0.3, 0.4) is 0 Å². The number of nitrogens with one attached hydrogen (secondary N) is 1. The normalized spacial score (nSPS) is 19.1. The molecule has 4 rings (SSSR count). The molecule has 0 fully saturated rings. The van der Waals surface area contributed by atoms with Crippen LogP contribution in [0, 0.1) is 0 Å². The Morgan fingerprint density at radius 1 is 0.897 bits per heavy atom. The number of phenols is 1. The lowest BCUT2D eigenvalue weighted by Crippen LogP contribution is -2.33. The van der Waals surface area contributed by atoms with Gasteiger partial charge in [-0.3, -0.25) is 10.3 Å². The second-order valence-electron chi connectivity index (χ2n) is 6.78. The van der Waals surface area contributed by atoms with Crippen LogP contribution in [0.15, 0.2) is 74.6 Å². The molecule has 0 unspecified atom stereocenters. The molecule has 0 saturated heterocycles. The summed E-state index contributed by atoms with van der Waals surface area (Å²) in [6.07, 6.45) is 0.267. The van der Waals surface area contributed by atoms with Crippen LogP contribution in [0.1, 0.15) is 35.3 Å². The standard InChI is InChI=1S/C22H16Br2Cl2N2O/c23-13-3-1-12(2-4-13)19-11-20(17-9-14(24)5-8-21(17)29)28-22(27-19)16-7-6-15(25)10-18(16)26/h1-10,20,22,28-29H,11H2/t20-,22-/m0/s1. The first-order chi connectivity index (χ1) is 13.9. The number of aromatic hydroxyl groups is 1. The van der Waals surface area contributed by atoms with Gasteiger partial charge in [-0.25, -0.2) is 0 Å². The van der Waals surface area contributed by atoms with Crippen molar-refractivity contribution in [3.63, 3.8) is 0 Å². The predicted molar refractivity (Wildman–Crippen MR) is 126 cm³/mol. The Labute approximate surface area is 196 Å². The molecule has 0 aliphatic carbocycles. The zero-order valence-corrected chi connectivity index (χ0v) is 19.7. The highest BCUT2D eigenvalue weighted by Crippen LogP contribution is 2.37. The average Bonchev–Trinajstić information content (AvgIpc) is 2.70. The van der Waals surface area contributed by atoms with Crippen molar-refractivity contribution in [3.8, 4) is 5.75 Å². The summed E-state index contributed by atoms with van der Waals surface area (Å²) in [5, 5.41) is 15.1. The Hall–Kier alpha value is -1.37. The van der Waals surface area contributed by atoms with Crippen molar-refractivity contribution in [3.05, 3.63) is 96.3 Å². The monoisotopic (exact) mass is 552 g/mol. The van der Waals surface area contributed by atoms with Crippen LogP contribution in [0.4, 0.5) is 0 Å². The van der Waals surface area contributed by atoms with Crippen LogP contribution in [0.25, 0.3) is 0 Å². The van der Waals surface area contributed by atoms with Gasteiger partial charge in [0, 0.05) is 48.3 Å². The summed E-state index contributed by atoms with van der Waals surface area (Å²) < 4.78 is 1.91. The van der Waals surface area contributed by atoms with Crippen molar-refractivity contribution in [1.29, 1.82) is 0 Å². The number of phenolic OH excluding ortho intramolecular Hbond substituents is 1. The van der Waals surface area contributed by atoms with E-state index in [0.717, 1.165) is 31.3 Å². The third-order valence-corrected chi connectivity index (χ3v) is 6.43. The summed E-state index contributed by atoms with van der Waals surface area (Å²) in [6.45, 7) is 0. The van der Waals surface area contributed by atoms with E-state index in [1.54, 1.807) is 18.2 Å². The maximum Gasteiger partial charge on any atom is 0.127 e. The van der Waals surface area contributed by atoms with Gasteiger partial charge in [-0.05, 0) is 48.0 Å². The lowest BCUT2D eigenvalue weighted by atomic mass is 9.93. The SMILES string of the molecule is Oc1ccc(Br)cc1[C@@H]1CC(c2ccc(Br)cc2)=N[C@H](c2ccc(Cl)cc2Cl)N1. The summed E-state index contributed by atoms with van der Waals surface area (Å²) >= 11 is 19.5. The van der Waals surface area contributed by atoms with E-state index in [1.807, 2.05) is 42.5 Å². The van der Waals surface area contributed by atoms with Crippen molar-refractivity contribution in [1.82, 2.24) is 5.32 Å². The first kappa shape index (κ1) is 20.9. The molecule has 2 N–H and O–H groups in total. The maximum atomic E-state index is 10.5. The van der Waals surface area contributed by atoms with Crippen LogP contribution >= 0.6 is 55.1 Å². The molecule has 3 nitrogen and oxygen atoms in total. The lowest BCUT2D eigenvalue weighted by Gasteiger charge is -2.31. The second kappa shape index (κ2) is 8.78. The Bertz CT molecular complexity index is 1090. The van der Waals surface area contributed by atoms with Crippen LogP contribution in [-0.2, 0) is 0 Å². The van der Waals surface area contributed by atoms with Crippen LogP contribution in [0.5, 0.6) is 5.75 Å². The Balaban J connectivity index is 1.79. The van der Waals surface area contributed by atoms with Crippen LogP contribution in [-0.4, -0.2) is 10.8 Å². The Morgan fingerprint density at radius 3 is 2.34 bits per heavy atom. The van der Waals surface area contributed by atoms with Gasteiger partial charge in [0.05, 0.1) is 0 Å². The van der Waals surface area contributed by atoms with E-state index in [0.29, 0.717) is 16.5 Å². The molecule has 1 aliphatic heterocycles. The molecule has 3 aromatic carbocycles. The van der Waals surface area contributed by atoms with E-state index in [1.165, 1.54) is 0 Å². The van der Waals surface area contributed by atoms with Crippen molar-refractivity contribution in [2.75, 3.05) is 0 Å². The van der Waals surface area contributed by atoms with Crippen molar-refractivity contribution in [2.45, 2.75) is 18.6 Å². The predicted octanol–water partition coefficient (Wildman–Crippen LogP) is 7.45. The van der Waals surface area contributed by atoms with Gasteiger partial charge in [-0.1, -0.05) is 73.3 Å². The van der Waals surface area contributed by atoms with Gasteiger partial charge < -0.3 is 5.11 Å². The van der Waals surface area contributed by atoms with Crippen molar-refractivity contribution >= 4 is 60.8 Å². The molecule has 0 spiro atoms. The average molecular weight is 555 g/mol. The van der Waals surface area contributed by atoms with Crippen LogP contribution in [0.2, 0.25) is 10.0 Å². The van der Waals surface area contributed by atoms with Gasteiger partial charge >= 0.3 is 0 Å². The largest absolute Gasteiger partial charge is 0.508 e. The summed E-state index contributed by atoms with van der Waals surface area (Å²) in [4.78, 5) is 4.94. The van der Waals surface area contributed by atoms with E-state index in [9.17, 15) is 5.11 Å². The van der Waals surface area contributed by atoms with Gasteiger partial charge in [0.2, 0.25) is 0 Å². The fourth-order valence-electron chi connectivity index (χ4n) is 3.41. The number of nitrogens with zero attached hydrogens (tertiary/aromatic N) is 1. The number of hydrogen-bond acceptors (Lipinski definition) is 3. The molecule has 29 heavy (non-hydrogen) atoms. The maximum absolute atomic E-state index is 10.5. The Kier molecular flexibility index (Phi) is 6.32. The third kappa shape index (κ3) is 4.70. The van der Waals surface area contributed by atoms with E-state index >= 15 is 0 Å². The molecule has 1 aliphatic rings. The van der Waals surface area contributed by atoms with Crippen LogP contribution < -0.4 is 5.32 Å². The number of benzene rings is 3. The number of halogens is 4. The molecule has 2 atom stereocenters. The molecule has 0 radical (unpaired) electrons. The summed E-state index contributed by atoms with van der Waals surface area (Å²) in [5.41, 5.74) is 3.62. The molecule has 1 heterocycles. The van der Waals surface area contributed by atoms with Gasteiger partial charge in [0.15, 0.2) is 0 Å². The minimum Gasteiger partial charge on any atom is -0.508 e. The highest BCUT2D eigenvalue weighted by molar-refractivity contribution is 9.10. The highest BCUT2D eigenvalue weighted by Gasteiger charge is 2.28.